The van der Waals surface area contributed by atoms with E-state index in [1.54, 1.807) is 18.2 Å². The van der Waals surface area contributed by atoms with Crippen LogP contribution in [0.2, 0.25) is 10.0 Å². The molecule has 4 heteroatoms. The fourth-order valence-electron chi connectivity index (χ4n) is 3.35. The van der Waals surface area contributed by atoms with Gasteiger partial charge in [-0.2, -0.15) is 0 Å². The molecule has 0 saturated carbocycles. The molecule has 110 valence electrons. The van der Waals surface area contributed by atoms with Gasteiger partial charge in [0.2, 0.25) is 0 Å². The summed E-state index contributed by atoms with van der Waals surface area (Å²) in [5.74, 6) is 0. The maximum Gasteiger partial charge on any atom is 0.0913 e. The zero-order chi connectivity index (χ0) is 15.0. The van der Waals surface area contributed by atoms with Crippen molar-refractivity contribution in [2.24, 2.45) is 5.73 Å². The number of rotatable bonds is 3. The smallest absolute Gasteiger partial charge is 0.0913 e. The molecule has 2 aromatic rings. The monoisotopic (exact) mass is 321 g/mol. The van der Waals surface area contributed by atoms with Gasteiger partial charge in [0, 0.05) is 27.6 Å². The Balaban J connectivity index is 2.11. The summed E-state index contributed by atoms with van der Waals surface area (Å²) in [6, 6.07) is 13.3. The minimum absolute atomic E-state index is 0.369. The first-order valence-electron chi connectivity index (χ1n) is 7.00. The van der Waals surface area contributed by atoms with Gasteiger partial charge >= 0.3 is 0 Å². The second kappa shape index (κ2) is 5.62. The van der Waals surface area contributed by atoms with Crippen molar-refractivity contribution in [3.05, 3.63) is 69.2 Å². The quantitative estimate of drug-likeness (QED) is 0.901. The number of aliphatic hydroxyl groups is 1. The second-order valence-corrected chi connectivity index (χ2v) is 6.43. The molecule has 0 radical (unpaired) electrons. The SMILES string of the molecule is NCC1(C(O)c2cc(Cl)ccc2Cl)CCc2ccccc21. The van der Waals surface area contributed by atoms with E-state index in [0.29, 0.717) is 22.2 Å². The van der Waals surface area contributed by atoms with Crippen LogP contribution in [-0.2, 0) is 11.8 Å². The molecule has 1 aliphatic carbocycles. The highest BCUT2D eigenvalue weighted by Gasteiger charge is 2.44. The van der Waals surface area contributed by atoms with Crippen molar-refractivity contribution in [3.8, 4) is 0 Å². The van der Waals surface area contributed by atoms with Crippen LogP contribution in [-0.4, -0.2) is 11.7 Å². The molecule has 2 unspecified atom stereocenters. The second-order valence-electron chi connectivity index (χ2n) is 5.59. The molecular weight excluding hydrogens is 305 g/mol. The number of benzene rings is 2. The molecule has 21 heavy (non-hydrogen) atoms. The summed E-state index contributed by atoms with van der Waals surface area (Å²) in [7, 11) is 0. The standard InChI is InChI=1S/C17H17Cl2NO/c18-12-5-6-15(19)13(9-12)16(21)17(10-20)8-7-11-3-1-2-4-14(11)17/h1-6,9,16,21H,7-8,10,20H2. The van der Waals surface area contributed by atoms with E-state index < -0.39 is 11.5 Å². The Labute approximate surface area is 134 Å². The van der Waals surface area contributed by atoms with Crippen LogP contribution in [0, 0.1) is 0 Å². The van der Waals surface area contributed by atoms with Crippen LogP contribution in [0.5, 0.6) is 0 Å². The van der Waals surface area contributed by atoms with E-state index in [4.69, 9.17) is 28.9 Å². The first-order chi connectivity index (χ1) is 10.1. The molecule has 0 saturated heterocycles. The Bertz CT molecular complexity index is 674. The highest BCUT2D eigenvalue weighted by atomic mass is 35.5. The van der Waals surface area contributed by atoms with E-state index in [1.807, 2.05) is 12.1 Å². The predicted octanol–water partition coefficient (Wildman–Crippen LogP) is 3.87. The number of nitrogens with two attached hydrogens (primary N) is 1. The highest BCUT2D eigenvalue weighted by Crippen LogP contribution is 2.48. The van der Waals surface area contributed by atoms with Crippen molar-refractivity contribution in [2.45, 2.75) is 24.4 Å². The van der Waals surface area contributed by atoms with Crippen LogP contribution < -0.4 is 5.73 Å². The third-order valence-corrected chi connectivity index (χ3v) is 5.11. The summed E-state index contributed by atoms with van der Waals surface area (Å²) >= 11 is 12.3. The van der Waals surface area contributed by atoms with Gasteiger partial charge in [0.25, 0.3) is 0 Å². The van der Waals surface area contributed by atoms with Gasteiger partial charge in [-0.25, -0.2) is 0 Å². The molecule has 3 rings (SSSR count). The molecule has 0 fully saturated rings. The van der Waals surface area contributed by atoms with Crippen LogP contribution in [0.3, 0.4) is 0 Å². The third kappa shape index (κ3) is 2.36. The van der Waals surface area contributed by atoms with Crippen molar-refractivity contribution in [1.82, 2.24) is 0 Å². The molecule has 0 bridgehead atoms. The Morgan fingerprint density at radius 2 is 1.95 bits per heavy atom. The van der Waals surface area contributed by atoms with Crippen molar-refractivity contribution in [2.75, 3.05) is 6.54 Å². The summed E-state index contributed by atoms with van der Waals surface area (Å²) in [6.45, 7) is 0.369. The van der Waals surface area contributed by atoms with E-state index >= 15 is 0 Å². The Morgan fingerprint density at radius 3 is 2.71 bits per heavy atom. The number of hydrogen-bond acceptors (Lipinski definition) is 2. The van der Waals surface area contributed by atoms with Gasteiger partial charge in [-0.15, -0.1) is 0 Å². The fraction of sp³-hybridized carbons (Fsp3) is 0.294. The predicted molar refractivity (Wildman–Crippen MR) is 86.9 cm³/mol. The lowest BCUT2D eigenvalue weighted by Crippen LogP contribution is -2.39. The van der Waals surface area contributed by atoms with Gasteiger partial charge in [-0.05, 0) is 42.2 Å². The minimum Gasteiger partial charge on any atom is -0.387 e. The van der Waals surface area contributed by atoms with Gasteiger partial charge in [0.1, 0.15) is 0 Å². The molecule has 0 aliphatic heterocycles. The van der Waals surface area contributed by atoms with Gasteiger partial charge in [-0.3, -0.25) is 0 Å². The summed E-state index contributed by atoms with van der Waals surface area (Å²) in [6.07, 6.45) is 0.965. The summed E-state index contributed by atoms with van der Waals surface area (Å²) in [5, 5.41) is 12.1. The number of aliphatic hydroxyl groups excluding tert-OH is 1. The van der Waals surface area contributed by atoms with Gasteiger partial charge in [0.15, 0.2) is 0 Å². The first kappa shape index (κ1) is 14.9. The molecule has 0 aromatic heterocycles. The molecule has 3 N–H and O–H groups in total. The molecule has 0 spiro atoms. The number of aryl methyl sites for hydroxylation is 1. The van der Waals surface area contributed by atoms with Crippen LogP contribution in [0.1, 0.15) is 29.2 Å². The summed E-state index contributed by atoms with van der Waals surface area (Å²) in [5.41, 5.74) is 8.60. The lowest BCUT2D eigenvalue weighted by Gasteiger charge is -2.35. The lowest BCUT2D eigenvalue weighted by atomic mass is 9.74. The molecule has 2 aromatic carbocycles. The minimum atomic E-state index is -0.766. The van der Waals surface area contributed by atoms with Gasteiger partial charge < -0.3 is 10.8 Å². The molecular formula is C17H17Cl2NO. The normalized spacial score (nSPS) is 22.1. The van der Waals surface area contributed by atoms with Crippen LogP contribution in [0.25, 0.3) is 0 Å². The molecule has 2 atom stereocenters. The molecule has 1 aliphatic rings. The largest absolute Gasteiger partial charge is 0.387 e. The first-order valence-corrected chi connectivity index (χ1v) is 7.75. The zero-order valence-corrected chi connectivity index (χ0v) is 13.0. The number of halogens is 2. The molecule has 0 heterocycles. The van der Waals surface area contributed by atoms with E-state index in [9.17, 15) is 5.11 Å². The zero-order valence-electron chi connectivity index (χ0n) is 11.5. The van der Waals surface area contributed by atoms with Crippen molar-refractivity contribution in [3.63, 3.8) is 0 Å². The average Bonchev–Trinajstić information content (AvgIpc) is 2.89. The summed E-state index contributed by atoms with van der Waals surface area (Å²) < 4.78 is 0. The average molecular weight is 322 g/mol. The van der Waals surface area contributed by atoms with Crippen LogP contribution in [0.4, 0.5) is 0 Å². The third-order valence-electron chi connectivity index (χ3n) is 4.53. The van der Waals surface area contributed by atoms with Crippen molar-refractivity contribution in [1.29, 1.82) is 0 Å². The topological polar surface area (TPSA) is 46.2 Å². The highest BCUT2D eigenvalue weighted by molar-refractivity contribution is 6.33. The van der Waals surface area contributed by atoms with Gasteiger partial charge in [0.05, 0.1) is 6.10 Å². The van der Waals surface area contributed by atoms with E-state index in [1.165, 1.54) is 5.56 Å². The van der Waals surface area contributed by atoms with E-state index in [-0.39, 0.29) is 0 Å². The maximum atomic E-state index is 11.0. The Hall–Kier alpha value is -1.06. The van der Waals surface area contributed by atoms with Crippen LogP contribution >= 0.6 is 23.2 Å². The Kier molecular flexibility index (Phi) is 3.98. The molecule has 0 amide bonds. The Morgan fingerprint density at radius 1 is 1.19 bits per heavy atom. The van der Waals surface area contributed by atoms with E-state index in [2.05, 4.69) is 12.1 Å². The van der Waals surface area contributed by atoms with Gasteiger partial charge in [-0.1, -0.05) is 47.5 Å². The number of fused-ring (bicyclic) bond motifs is 1. The fourth-order valence-corrected chi connectivity index (χ4v) is 3.75. The maximum absolute atomic E-state index is 11.0. The molecule has 2 nitrogen and oxygen atoms in total. The van der Waals surface area contributed by atoms with Crippen LogP contribution in [0.15, 0.2) is 42.5 Å². The van der Waals surface area contributed by atoms with Crippen molar-refractivity contribution < 1.29 is 5.11 Å². The lowest BCUT2D eigenvalue weighted by molar-refractivity contribution is 0.0841. The number of hydrogen-bond donors (Lipinski definition) is 2. The van der Waals surface area contributed by atoms with Crippen molar-refractivity contribution >= 4 is 23.2 Å². The van der Waals surface area contributed by atoms with E-state index in [0.717, 1.165) is 18.4 Å². The summed E-state index contributed by atoms with van der Waals surface area (Å²) in [4.78, 5) is 0.